The molecule has 7 nitrogen and oxygen atoms in total. The average Bonchev–Trinajstić information content (AvgIpc) is 3.07. The van der Waals surface area contributed by atoms with Crippen LogP contribution in [0.1, 0.15) is 49.1 Å². The van der Waals surface area contributed by atoms with Crippen LogP contribution in [0.3, 0.4) is 0 Å². The van der Waals surface area contributed by atoms with E-state index in [1.54, 1.807) is 0 Å². The smallest absolute Gasteiger partial charge is 0.193 e. The van der Waals surface area contributed by atoms with Crippen molar-refractivity contribution in [3.8, 4) is 5.75 Å². The molecule has 0 bridgehead atoms. The number of halogens is 2. The van der Waals surface area contributed by atoms with Gasteiger partial charge in [-0.25, -0.2) is 4.39 Å². The number of nitrogens with one attached hydrogen (secondary N) is 1. The van der Waals surface area contributed by atoms with Crippen molar-refractivity contribution in [1.29, 1.82) is 0 Å². The van der Waals surface area contributed by atoms with Crippen LogP contribution < -0.4 is 10.1 Å². The second kappa shape index (κ2) is 11.7. The fraction of sp³-hybridized carbons (Fsp3) is 0.545. The van der Waals surface area contributed by atoms with E-state index in [9.17, 15) is 4.39 Å². The van der Waals surface area contributed by atoms with Crippen LogP contribution in [0.25, 0.3) is 0 Å². The van der Waals surface area contributed by atoms with Crippen molar-refractivity contribution in [3.63, 3.8) is 0 Å². The van der Waals surface area contributed by atoms with Gasteiger partial charge in [-0.05, 0) is 37.0 Å². The van der Waals surface area contributed by atoms with Crippen molar-refractivity contribution in [2.24, 2.45) is 12.0 Å². The molecule has 0 saturated heterocycles. The van der Waals surface area contributed by atoms with Gasteiger partial charge in [-0.15, -0.1) is 24.0 Å². The molecule has 0 spiro atoms. The molecule has 0 amide bonds. The highest BCUT2D eigenvalue weighted by molar-refractivity contribution is 14.0. The van der Waals surface area contributed by atoms with E-state index in [2.05, 4.69) is 35.4 Å². The Balaban J connectivity index is 0.00000341. The topological polar surface area (TPSA) is 63.9 Å². The molecule has 1 aromatic heterocycles. The Morgan fingerprint density at radius 1 is 1.35 bits per heavy atom. The number of hydrogen-bond acceptors (Lipinski definition) is 4. The molecule has 1 aliphatic heterocycles. The Kier molecular flexibility index (Phi) is 9.54. The number of fused-ring (bicyclic) bond motifs is 1. The number of benzene rings is 1. The summed E-state index contributed by atoms with van der Waals surface area (Å²) in [5.74, 6) is 1.62. The van der Waals surface area contributed by atoms with Gasteiger partial charge in [-0.3, -0.25) is 9.67 Å². The summed E-state index contributed by atoms with van der Waals surface area (Å²) in [6, 6.07) is 3.00. The maximum Gasteiger partial charge on any atom is 0.193 e. The molecule has 0 atom stereocenters. The number of guanidine groups is 1. The van der Waals surface area contributed by atoms with Gasteiger partial charge in [-0.1, -0.05) is 13.8 Å². The summed E-state index contributed by atoms with van der Waals surface area (Å²) >= 11 is 0. The van der Waals surface area contributed by atoms with E-state index in [1.165, 1.54) is 17.7 Å². The van der Waals surface area contributed by atoms with Crippen LogP contribution in [0.4, 0.5) is 4.39 Å². The summed E-state index contributed by atoms with van der Waals surface area (Å²) in [6.45, 7) is 8.92. The average molecular weight is 545 g/mol. The quantitative estimate of drug-likeness (QED) is 0.326. The number of aromatic nitrogens is 2. The molecular formula is C22H33FIN5O2. The number of nitrogens with zero attached hydrogens (tertiary/aromatic N) is 4. The van der Waals surface area contributed by atoms with Crippen LogP contribution in [0.5, 0.6) is 5.75 Å². The molecule has 31 heavy (non-hydrogen) atoms. The van der Waals surface area contributed by atoms with E-state index < -0.39 is 0 Å². The summed E-state index contributed by atoms with van der Waals surface area (Å²) < 4.78 is 26.7. The van der Waals surface area contributed by atoms with Gasteiger partial charge in [-0.2, -0.15) is 5.10 Å². The Morgan fingerprint density at radius 2 is 2.13 bits per heavy atom. The number of aryl methyl sites for hydroxylation is 1. The van der Waals surface area contributed by atoms with Crippen LogP contribution in [0, 0.1) is 5.82 Å². The largest absolute Gasteiger partial charge is 0.467 e. The molecule has 0 unspecified atom stereocenters. The Bertz CT molecular complexity index is 900. The number of rotatable bonds is 7. The molecule has 0 aliphatic carbocycles. The van der Waals surface area contributed by atoms with Crippen LogP contribution in [0.2, 0.25) is 0 Å². The highest BCUT2D eigenvalue weighted by atomic mass is 127. The first-order chi connectivity index (χ1) is 14.4. The first-order valence-electron chi connectivity index (χ1n) is 10.4. The molecule has 0 saturated carbocycles. The SMILES string of the molecule is CCNC(=NCCc1cc(F)cc2c1OCOC2)N(C)Cc1cn(C)nc1C(C)C.I. The standard InChI is InChI=1S/C22H32FN5O2.HI/c1-6-24-22(27(4)11-18-12-28(5)26-20(18)15(2)3)25-8-7-16-9-19(23)10-17-13-29-14-30-21(16)17;/h9-10,12,15H,6-8,11,13-14H2,1-5H3,(H,24,25);1H. The van der Waals surface area contributed by atoms with Gasteiger partial charge in [0, 0.05) is 51.1 Å². The molecular weight excluding hydrogens is 512 g/mol. The fourth-order valence-corrected chi connectivity index (χ4v) is 3.69. The monoisotopic (exact) mass is 545 g/mol. The summed E-state index contributed by atoms with van der Waals surface area (Å²) in [7, 11) is 3.96. The maximum atomic E-state index is 14.0. The molecule has 0 radical (unpaired) electrons. The van der Waals surface area contributed by atoms with Crippen molar-refractivity contribution >= 4 is 29.9 Å². The molecule has 172 valence electrons. The van der Waals surface area contributed by atoms with Crippen LogP contribution in [-0.4, -0.2) is 47.6 Å². The van der Waals surface area contributed by atoms with Crippen molar-refractivity contribution in [2.45, 2.75) is 46.3 Å². The highest BCUT2D eigenvalue weighted by Crippen LogP contribution is 2.29. The van der Waals surface area contributed by atoms with Gasteiger partial charge < -0.3 is 19.7 Å². The van der Waals surface area contributed by atoms with Crippen molar-refractivity contribution in [2.75, 3.05) is 26.9 Å². The van der Waals surface area contributed by atoms with Gasteiger partial charge in [0.15, 0.2) is 12.8 Å². The van der Waals surface area contributed by atoms with Crippen LogP contribution >= 0.6 is 24.0 Å². The van der Waals surface area contributed by atoms with E-state index >= 15 is 0 Å². The third-order valence-electron chi connectivity index (χ3n) is 4.98. The fourth-order valence-electron chi connectivity index (χ4n) is 3.69. The van der Waals surface area contributed by atoms with E-state index in [-0.39, 0.29) is 36.6 Å². The van der Waals surface area contributed by atoms with Crippen molar-refractivity contribution < 1.29 is 13.9 Å². The predicted octanol–water partition coefficient (Wildman–Crippen LogP) is 3.81. The first kappa shape index (κ1) is 25.4. The predicted molar refractivity (Wildman–Crippen MR) is 131 cm³/mol. The molecule has 1 aromatic carbocycles. The zero-order valence-electron chi connectivity index (χ0n) is 18.9. The second-order valence-electron chi connectivity index (χ2n) is 7.87. The lowest BCUT2D eigenvalue weighted by Gasteiger charge is -2.23. The van der Waals surface area contributed by atoms with Gasteiger partial charge in [0.05, 0.1) is 12.3 Å². The third-order valence-corrected chi connectivity index (χ3v) is 4.98. The molecule has 3 rings (SSSR count). The second-order valence-corrected chi connectivity index (χ2v) is 7.87. The normalized spacial score (nSPS) is 13.5. The lowest BCUT2D eigenvalue weighted by atomic mass is 10.1. The van der Waals surface area contributed by atoms with Gasteiger partial charge in [0.1, 0.15) is 11.6 Å². The molecule has 9 heteroatoms. The van der Waals surface area contributed by atoms with E-state index in [4.69, 9.17) is 14.5 Å². The molecule has 1 aliphatic rings. The summed E-state index contributed by atoms with van der Waals surface area (Å²) in [6.07, 6.45) is 2.65. The zero-order valence-corrected chi connectivity index (χ0v) is 21.3. The third kappa shape index (κ3) is 6.55. The van der Waals surface area contributed by atoms with Crippen molar-refractivity contribution in [1.82, 2.24) is 20.0 Å². The zero-order chi connectivity index (χ0) is 21.7. The van der Waals surface area contributed by atoms with Gasteiger partial charge in [0.25, 0.3) is 0 Å². The van der Waals surface area contributed by atoms with Gasteiger partial charge in [0.2, 0.25) is 0 Å². The lowest BCUT2D eigenvalue weighted by molar-refractivity contribution is -0.0172. The van der Waals surface area contributed by atoms with Crippen molar-refractivity contribution in [3.05, 3.63) is 46.5 Å². The minimum Gasteiger partial charge on any atom is -0.467 e. The van der Waals surface area contributed by atoms with Crippen LogP contribution in [0.15, 0.2) is 23.3 Å². The Hall–Kier alpha value is -1.88. The number of ether oxygens (including phenoxy) is 2. The number of hydrogen-bond donors (Lipinski definition) is 1. The van der Waals surface area contributed by atoms with E-state index in [0.717, 1.165) is 35.1 Å². The minimum absolute atomic E-state index is 0. The Labute approximate surface area is 201 Å². The maximum absolute atomic E-state index is 14.0. The summed E-state index contributed by atoms with van der Waals surface area (Å²) in [4.78, 5) is 6.85. The molecule has 2 heterocycles. The number of aliphatic imine (C=N–C) groups is 1. The first-order valence-corrected chi connectivity index (χ1v) is 10.4. The summed E-state index contributed by atoms with van der Waals surface area (Å²) in [5.41, 5.74) is 3.87. The summed E-state index contributed by atoms with van der Waals surface area (Å²) in [5, 5.41) is 7.93. The van der Waals surface area contributed by atoms with Gasteiger partial charge >= 0.3 is 0 Å². The molecule has 0 fully saturated rings. The lowest BCUT2D eigenvalue weighted by Crippen LogP contribution is -2.38. The van der Waals surface area contributed by atoms with E-state index in [1.807, 2.05) is 25.7 Å². The molecule has 1 N–H and O–H groups in total. The van der Waals surface area contributed by atoms with Crippen LogP contribution in [-0.2, 0) is 31.4 Å². The van der Waals surface area contributed by atoms with E-state index in [0.29, 0.717) is 32.0 Å². The highest BCUT2D eigenvalue weighted by Gasteiger charge is 2.18. The minimum atomic E-state index is -0.274. The molecule has 2 aromatic rings. The Morgan fingerprint density at radius 3 is 2.84 bits per heavy atom.